The third-order valence-electron chi connectivity index (χ3n) is 3.74. The van der Waals surface area contributed by atoms with Crippen LogP contribution in [0.25, 0.3) is 0 Å². The number of benzene rings is 2. The van der Waals surface area contributed by atoms with E-state index < -0.39 is 0 Å². The standard InChI is InChI=1S/C18H22/c1-15(16-10-6-4-7-11-16)14-18(2,3)17-12-8-5-9-13-17/h4-13,15H,14H2,1-3H3. The Balaban J connectivity index is 2.14. The Bertz CT molecular complexity index is 468. The van der Waals surface area contributed by atoms with E-state index in [1.54, 1.807) is 0 Å². The van der Waals surface area contributed by atoms with Crippen LogP contribution in [0.2, 0.25) is 0 Å². The second-order valence-corrected chi connectivity index (χ2v) is 5.77. The topological polar surface area (TPSA) is 0 Å². The van der Waals surface area contributed by atoms with Gasteiger partial charge in [-0.15, -0.1) is 0 Å². The Hall–Kier alpha value is -1.56. The predicted octanol–water partition coefficient (Wildman–Crippen LogP) is 5.16. The molecular weight excluding hydrogens is 216 g/mol. The SMILES string of the molecule is CC(CC(C)(C)c1ccccc1)c1ccccc1. The lowest BCUT2D eigenvalue weighted by Crippen LogP contribution is -2.19. The van der Waals surface area contributed by atoms with Gasteiger partial charge in [0, 0.05) is 0 Å². The first-order valence-electron chi connectivity index (χ1n) is 6.70. The van der Waals surface area contributed by atoms with Gasteiger partial charge in [0.1, 0.15) is 0 Å². The molecule has 0 bridgehead atoms. The average molecular weight is 238 g/mol. The Labute approximate surface area is 111 Å². The van der Waals surface area contributed by atoms with Crippen molar-refractivity contribution in [2.75, 3.05) is 0 Å². The summed E-state index contributed by atoms with van der Waals surface area (Å²) in [6.07, 6.45) is 1.17. The van der Waals surface area contributed by atoms with Gasteiger partial charge in [0.15, 0.2) is 0 Å². The van der Waals surface area contributed by atoms with Crippen molar-refractivity contribution in [1.82, 2.24) is 0 Å². The summed E-state index contributed by atoms with van der Waals surface area (Å²) in [6, 6.07) is 21.6. The molecule has 0 saturated carbocycles. The molecule has 2 aromatic carbocycles. The Morgan fingerprint density at radius 1 is 0.833 bits per heavy atom. The number of hydrogen-bond acceptors (Lipinski definition) is 0. The minimum Gasteiger partial charge on any atom is -0.0622 e. The highest BCUT2D eigenvalue weighted by atomic mass is 14.3. The molecule has 94 valence electrons. The maximum absolute atomic E-state index is 2.34. The van der Waals surface area contributed by atoms with Crippen LogP contribution in [0.4, 0.5) is 0 Å². The van der Waals surface area contributed by atoms with E-state index in [9.17, 15) is 0 Å². The molecule has 0 aromatic heterocycles. The normalized spacial score (nSPS) is 13.3. The van der Waals surface area contributed by atoms with Gasteiger partial charge in [-0.05, 0) is 28.9 Å². The van der Waals surface area contributed by atoms with Crippen molar-refractivity contribution in [3.63, 3.8) is 0 Å². The first-order valence-corrected chi connectivity index (χ1v) is 6.70. The summed E-state index contributed by atoms with van der Waals surface area (Å²) in [5, 5.41) is 0. The van der Waals surface area contributed by atoms with Crippen LogP contribution in [0.1, 0.15) is 44.2 Å². The van der Waals surface area contributed by atoms with Gasteiger partial charge in [0.25, 0.3) is 0 Å². The van der Waals surface area contributed by atoms with Crippen molar-refractivity contribution in [2.45, 2.75) is 38.5 Å². The minimum atomic E-state index is 0.219. The Kier molecular flexibility index (Phi) is 3.86. The fraction of sp³-hybridized carbons (Fsp3) is 0.333. The highest BCUT2D eigenvalue weighted by Gasteiger charge is 2.23. The summed E-state index contributed by atoms with van der Waals surface area (Å²) >= 11 is 0. The molecule has 2 aromatic rings. The van der Waals surface area contributed by atoms with Gasteiger partial charge in [0.05, 0.1) is 0 Å². The molecule has 0 saturated heterocycles. The van der Waals surface area contributed by atoms with Crippen LogP contribution in [-0.4, -0.2) is 0 Å². The monoisotopic (exact) mass is 238 g/mol. The lowest BCUT2D eigenvalue weighted by Gasteiger charge is -2.29. The van der Waals surface area contributed by atoms with Crippen LogP contribution in [0.5, 0.6) is 0 Å². The van der Waals surface area contributed by atoms with Crippen molar-refractivity contribution in [1.29, 1.82) is 0 Å². The molecule has 2 rings (SSSR count). The molecule has 0 radical (unpaired) electrons. The maximum Gasteiger partial charge on any atom is -0.00978 e. The van der Waals surface area contributed by atoms with Gasteiger partial charge in [-0.2, -0.15) is 0 Å². The van der Waals surface area contributed by atoms with Crippen molar-refractivity contribution < 1.29 is 0 Å². The summed E-state index contributed by atoms with van der Waals surface area (Å²) in [7, 11) is 0. The van der Waals surface area contributed by atoms with E-state index >= 15 is 0 Å². The van der Waals surface area contributed by atoms with Crippen molar-refractivity contribution in [3.05, 3.63) is 71.8 Å². The molecule has 0 fully saturated rings. The molecule has 0 spiro atoms. The maximum atomic E-state index is 2.34. The summed E-state index contributed by atoms with van der Waals surface area (Å²) in [5.41, 5.74) is 3.07. The number of rotatable bonds is 4. The van der Waals surface area contributed by atoms with Crippen molar-refractivity contribution >= 4 is 0 Å². The molecular formula is C18H22. The quantitative estimate of drug-likeness (QED) is 0.690. The number of hydrogen-bond donors (Lipinski definition) is 0. The molecule has 0 aliphatic carbocycles. The molecule has 0 heterocycles. The summed E-state index contributed by atoms with van der Waals surface area (Å²) < 4.78 is 0. The second kappa shape index (κ2) is 5.39. The van der Waals surface area contributed by atoms with Crippen LogP contribution in [0.3, 0.4) is 0 Å². The van der Waals surface area contributed by atoms with Crippen LogP contribution in [-0.2, 0) is 5.41 Å². The van der Waals surface area contributed by atoms with E-state index in [1.165, 1.54) is 17.5 Å². The van der Waals surface area contributed by atoms with Crippen molar-refractivity contribution in [3.8, 4) is 0 Å². The van der Waals surface area contributed by atoms with E-state index in [4.69, 9.17) is 0 Å². The third-order valence-corrected chi connectivity index (χ3v) is 3.74. The second-order valence-electron chi connectivity index (χ2n) is 5.77. The molecule has 18 heavy (non-hydrogen) atoms. The van der Waals surface area contributed by atoms with E-state index in [0.29, 0.717) is 5.92 Å². The van der Waals surface area contributed by atoms with Crippen molar-refractivity contribution in [2.24, 2.45) is 0 Å². The molecule has 0 aliphatic rings. The van der Waals surface area contributed by atoms with Crippen LogP contribution >= 0.6 is 0 Å². The molecule has 1 unspecified atom stereocenters. The van der Waals surface area contributed by atoms with E-state index in [0.717, 1.165) is 0 Å². The zero-order valence-corrected chi connectivity index (χ0v) is 11.6. The first kappa shape index (κ1) is 12.9. The zero-order valence-electron chi connectivity index (χ0n) is 11.6. The molecule has 1 atom stereocenters. The third kappa shape index (κ3) is 3.01. The summed E-state index contributed by atoms with van der Waals surface area (Å²) in [4.78, 5) is 0. The van der Waals surface area contributed by atoms with Gasteiger partial charge in [-0.1, -0.05) is 81.4 Å². The minimum absolute atomic E-state index is 0.219. The lowest BCUT2D eigenvalue weighted by atomic mass is 9.76. The first-order chi connectivity index (χ1) is 8.59. The Morgan fingerprint density at radius 2 is 1.33 bits per heavy atom. The fourth-order valence-electron chi connectivity index (χ4n) is 2.67. The smallest absolute Gasteiger partial charge is 0.00978 e. The highest BCUT2D eigenvalue weighted by Crippen LogP contribution is 2.34. The molecule has 0 N–H and O–H groups in total. The molecule has 0 nitrogen and oxygen atoms in total. The average Bonchev–Trinajstić information content (AvgIpc) is 2.40. The molecule has 0 aliphatic heterocycles. The largest absolute Gasteiger partial charge is 0.0622 e. The lowest BCUT2D eigenvalue weighted by molar-refractivity contribution is 0.438. The Morgan fingerprint density at radius 3 is 1.89 bits per heavy atom. The van der Waals surface area contributed by atoms with Gasteiger partial charge < -0.3 is 0 Å². The van der Waals surface area contributed by atoms with Crippen LogP contribution in [0, 0.1) is 0 Å². The zero-order chi connectivity index (χ0) is 13.0. The molecule has 0 heteroatoms. The van der Waals surface area contributed by atoms with Gasteiger partial charge >= 0.3 is 0 Å². The van der Waals surface area contributed by atoms with Gasteiger partial charge in [-0.3, -0.25) is 0 Å². The van der Waals surface area contributed by atoms with Gasteiger partial charge in [-0.25, -0.2) is 0 Å². The van der Waals surface area contributed by atoms with E-state index in [1.807, 2.05) is 0 Å². The van der Waals surface area contributed by atoms with E-state index in [-0.39, 0.29) is 5.41 Å². The summed E-state index contributed by atoms with van der Waals surface area (Å²) in [6.45, 7) is 6.99. The molecule has 0 amide bonds. The summed E-state index contributed by atoms with van der Waals surface area (Å²) in [5.74, 6) is 0.585. The van der Waals surface area contributed by atoms with E-state index in [2.05, 4.69) is 81.4 Å². The van der Waals surface area contributed by atoms with Gasteiger partial charge in [0.2, 0.25) is 0 Å². The fourth-order valence-corrected chi connectivity index (χ4v) is 2.67. The predicted molar refractivity (Wildman–Crippen MR) is 78.9 cm³/mol. The highest BCUT2D eigenvalue weighted by molar-refractivity contribution is 5.26. The van der Waals surface area contributed by atoms with Crippen LogP contribution in [0.15, 0.2) is 60.7 Å². The van der Waals surface area contributed by atoms with Crippen LogP contribution < -0.4 is 0 Å².